The van der Waals surface area contributed by atoms with E-state index < -0.39 is 0 Å². The Kier molecular flexibility index (Phi) is 4.74. The molecule has 0 amide bonds. The second-order valence-corrected chi connectivity index (χ2v) is 4.88. The van der Waals surface area contributed by atoms with Gasteiger partial charge in [0.1, 0.15) is 17.9 Å². The zero-order valence-electron chi connectivity index (χ0n) is 12.5. The molecule has 1 aromatic heterocycles. The van der Waals surface area contributed by atoms with E-state index in [4.69, 9.17) is 4.74 Å². The summed E-state index contributed by atoms with van der Waals surface area (Å²) in [5.41, 5.74) is 1.16. The largest absolute Gasteiger partial charge is 0.494 e. The molecule has 1 heterocycles. The zero-order valence-corrected chi connectivity index (χ0v) is 12.5. The third-order valence-corrected chi connectivity index (χ3v) is 3.32. The van der Waals surface area contributed by atoms with Gasteiger partial charge in [-0.25, -0.2) is 0 Å². The first kappa shape index (κ1) is 14.5. The average molecular weight is 274 g/mol. The SMILES string of the molecule is CCOc1ccccc1C(C)NC(C)c1nncn1C. The van der Waals surface area contributed by atoms with Crippen LogP contribution in [0.25, 0.3) is 0 Å². The lowest BCUT2D eigenvalue weighted by Gasteiger charge is -2.21. The molecule has 108 valence electrons. The molecule has 2 rings (SSSR count). The summed E-state index contributed by atoms with van der Waals surface area (Å²) in [6.45, 7) is 6.88. The molecule has 2 unspecified atom stereocenters. The molecular weight excluding hydrogens is 252 g/mol. The predicted octanol–water partition coefficient (Wildman–Crippen LogP) is 2.63. The first-order valence-corrected chi connectivity index (χ1v) is 6.95. The Bertz CT molecular complexity index is 552. The molecule has 1 aromatic carbocycles. The molecule has 0 bridgehead atoms. The maximum absolute atomic E-state index is 5.68. The van der Waals surface area contributed by atoms with Crippen LogP contribution in [0.2, 0.25) is 0 Å². The van der Waals surface area contributed by atoms with Gasteiger partial charge in [-0.1, -0.05) is 18.2 Å². The zero-order chi connectivity index (χ0) is 14.5. The minimum Gasteiger partial charge on any atom is -0.494 e. The van der Waals surface area contributed by atoms with E-state index in [1.54, 1.807) is 6.33 Å². The summed E-state index contributed by atoms with van der Waals surface area (Å²) < 4.78 is 7.61. The number of ether oxygens (including phenoxy) is 1. The van der Waals surface area contributed by atoms with E-state index in [-0.39, 0.29) is 12.1 Å². The lowest BCUT2D eigenvalue weighted by molar-refractivity contribution is 0.330. The molecule has 2 atom stereocenters. The van der Waals surface area contributed by atoms with Crippen molar-refractivity contribution in [3.8, 4) is 5.75 Å². The van der Waals surface area contributed by atoms with E-state index in [0.29, 0.717) is 6.61 Å². The van der Waals surface area contributed by atoms with E-state index in [2.05, 4.69) is 35.4 Å². The molecule has 20 heavy (non-hydrogen) atoms. The monoisotopic (exact) mass is 274 g/mol. The Hall–Kier alpha value is -1.88. The maximum Gasteiger partial charge on any atom is 0.149 e. The fraction of sp³-hybridized carbons (Fsp3) is 0.467. The van der Waals surface area contributed by atoms with Gasteiger partial charge in [0.05, 0.1) is 12.6 Å². The highest BCUT2D eigenvalue weighted by Gasteiger charge is 2.17. The van der Waals surface area contributed by atoms with Gasteiger partial charge in [-0.15, -0.1) is 10.2 Å². The van der Waals surface area contributed by atoms with Crippen LogP contribution in [0, 0.1) is 0 Å². The normalized spacial score (nSPS) is 14.0. The summed E-state index contributed by atoms with van der Waals surface area (Å²) in [5, 5.41) is 11.6. The van der Waals surface area contributed by atoms with E-state index in [1.165, 1.54) is 0 Å². The third-order valence-electron chi connectivity index (χ3n) is 3.32. The van der Waals surface area contributed by atoms with Gasteiger partial charge in [-0.2, -0.15) is 0 Å². The smallest absolute Gasteiger partial charge is 0.149 e. The van der Waals surface area contributed by atoms with Crippen LogP contribution in [0.15, 0.2) is 30.6 Å². The van der Waals surface area contributed by atoms with Crippen LogP contribution in [0.4, 0.5) is 0 Å². The van der Waals surface area contributed by atoms with E-state index >= 15 is 0 Å². The minimum absolute atomic E-state index is 0.118. The van der Waals surface area contributed by atoms with Gasteiger partial charge in [-0.3, -0.25) is 0 Å². The van der Waals surface area contributed by atoms with Crippen molar-refractivity contribution < 1.29 is 4.74 Å². The summed E-state index contributed by atoms with van der Waals surface area (Å²) in [4.78, 5) is 0. The second-order valence-electron chi connectivity index (χ2n) is 4.88. The molecule has 5 nitrogen and oxygen atoms in total. The van der Waals surface area contributed by atoms with Crippen LogP contribution in [0.1, 0.15) is 44.2 Å². The minimum atomic E-state index is 0.118. The van der Waals surface area contributed by atoms with Crippen molar-refractivity contribution in [2.75, 3.05) is 6.61 Å². The number of para-hydroxylation sites is 1. The summed E-state index contributed by atoms with van der Waals surface area (Å²) in [5.74, 6) is 1.85. The highest BCUT2D eigenvalue weighted by atomic mass is 16.5. The van der Waals surface area contributed by atoms with Crippen molar-refractivity contribution in [2.24, 2.45) is 7.05 Å². The van der Waals surface area contributed by atoms with Gasteiger partial charge >= 0.3 is 0 Å². The van der Waals surface area contributed by atoms with Crippen LogP contribution >= 0.6 is 0 Å². The number of nitrogens with one attached hydrogen (secondary N) is 1. The van der Waals surface area contributed by atoms with Crippen LogP contribution in [-0.4, -0.2) is 21.4 Å². The molecule has 5 heteroatoms. The molecule has 0 spiro atoms. The fourth-order valence-corrected chi connectivity index (χ4v) is 2.35. The van der Waals surface area contributed by atoms with E-state index in [9.17, 15) is 0 Å². The lowest BCUT2D eigenvalue weighted by Crippen LogP contribution is -2.25. The standard InChI is InChI=1S/C15H22N4O/c1-5-20-14-9-7-6-8-13(14)11(2)17-12(3)15-18-16-10-19(15)4/h6-12,17H,5H2,1-4H3. The molecule has 2 aromatic rings. The molecule has 0 saturated carbocycles. The number of aromatic nitrogens is 3. The fourth-order valence-electron chi connectivity index (χ4n) is 2.35. The topological polar surface area (TPSA) is 52.0 Å². The van der Waals surface area contributed by atoms with Gasteiger partial charge in [0.25, 0.3) is 0 Å². The van der Waals surface area contributed by atoms with Gasteiger partial charge < -0.3 is 14.6 Å². The van der Waals surface area contributed by atoms with Crippen molar-refractivity contribution in [3.05, 3.63) is 42.0 Å². The molecular formula is C15H22N4O. The van der Waals surface area contributed by atoms with Crippen LogP contribution < -0.4 is 10.1 Å². The first-order valence-electron chi connectivity index (χ1n) is 6.95. The number of rotatable bonds is 6. The molecule has 0 aliphatic carbocycles. The van der Waals surface area contributed by atoms with Crippen molar-refractivity contribution in [2.45, 2.75) is 32.9 Å². The predicted molar refractivity (Wildman–Crippen MR) is 78.6 cm³/mol. The van der Waals surface area contributed by atoms with Gasteiger partial charge in [0.2, 0.25) is 0 Å². The molecule has 0 aliphatic heterocycles. The van der Waals surface area contributed by atoms with E-state index in [0.717, 1.165) is 17.1 Å². The maximum atomic E-state index is 5.68. The summed E-state index contributed by atoms with van der Waals surface area (Å²) >= 11 is 0. The van der Waals surface area contributed by atoms with Gasteiger partial charge in [0.15, 0.2) is 0 Å². The molecule has 0 fully saturated rings. The Morgan fingerprint density at radius 1 is 1.25 bits per heavy atom. The van der Waals surface area contributed by atoms with Gasteiger partial charge in [0, 0.05) is 18.7 Å². The average Bonchev–Trinajstić information content (AvgIpc) is 2.86. The third kappa shape index (κ3) is 3.17. The number of hydrogen-bond donors (Lipinski definition) is 1. The van der Waals surface area contributed by atoms with E-state index in [1.807, 2.05) is 36.7 Å². The van der Waals surface area contributed by atoms with Crippen molar-refractivity contribution >= 4 is 0 Å². The first-order chi connectivity index (χ1) is 9.63. The number of hydrogen-bond acceptors (Lipinski definition) is 4. The van der Waals surface area contributed by atoms with Crippen LogP contribution in [0.3, 0.4) is 0 Å². The molecule has 0 saturated heterocycles. The van der Waals surface area contributed by atoms with Crippen LogP contribution in [0.5, 0.6) is 5.75 Å². The Morgan fingerprint density at radius 3 is 2.65 bits per heavy atom. The van der Waals surface area contributed by atoms with Crippen molar-refractivity contribution in [1.82, 2.24) is 20.1 Å². The Balaban J connectivity index is 2.12. The summed E-state index contributed by atoms with van der Waals surface area (Å²) in [7, 11) is 1.95. The summed E-state index contributed by atoms with van der Waals surface area (Å²) in [6.07, 6.45) is 1.71. The highest BCUT2D eigenvalue weighted by molar-refractivity contribution is 5.35. The lowest BCUT2D eigenvalue weighted by atomic mass is 10.1. The number of nitrogens with zero attached hydrogens (tertiary/aromatic N) is 3. The Morgan fingerprint density at radius 2 is 2.00 bits per heavy atom. The Labute approximate surface area is 120 Å². The van der Waals surface area contributed by atoms with Crippen molar-refractivity contribution in [1.29, 1.82) is 0 Å². The molecule has 1 N–H and O–H groups in total. The summed E-state index contributed by atoms with van der Waals surface area (Å²) in [6, 6.07) is 8.41. The van der Waals surface area contributed by atoms with Crippen LogP contribution in [-0.2, 0) is 7.05 Å². The second kappa shape index (κ2) is 6.52. The molecule has 0 aliphatic rings. The van der Waals surface area contributed by atoms with Crippen molar-refractivity contribution in [3.63, 3.8) is 0 Å². The quantitative estimate of drug-likeness (QED) is 0.879. The number of benzene rings is 1. The number of aryl methyl sites for hydroxylation is 1. The van der Waals surface area contributed by atoms with Gasteiger partial charge in [-0.05, 0) is 26.8 Å². The highest BCUT2D eigenvalue weighted by Crippen LogP contribution is 2.26. The molecule has 0 radical (unpaired) electrons.